The molecule has 3 nitrogen and oxygen atoms in total. The van der Waals surface area contributed by atoms with Crippen LogP contribution in [-0.4, -0.2) is 23.8 Å². The van der Waals surface area contributed by atoms with Gasteiger partial charge in [0.2, 0.25) is 0 Å². The van der Waals surface area contributed by atoms with E-state index in [1.165, 1.54) is 32.1 Å². The minimum Gasteiger partial charge on any atom is -0.440 e. The Morgan fingerprint density at radius 2 is 1.82 bits per heavy atom. The lowest BCUT2D eigenvalue weighted by atomic mass is 9.85. The zero-order valence-corrected chi connectivity index (χ0v) is 17.0. The van der Waals surface area contributed by atoms with Gasteiger partial charge in [0.25, 0.3) is 0 Å². The summed E-state index contributed by atoms with van der Waals surface area (Å²) in [6.07, 6.45) is 9.16. The predicted octanol–water partition coefficient (Wildman–Crippen LogP) is 6.29. The largest absolute Gasteiger partial charge is 0.440 e. The highest BCUT2D eigenvalue weighted by molar-refractivity contribution is 7.98. The van der Waals surface area contributed by atoms with Crippen LogP contribution in [0.2, 0.25) is 0 Å². The summed E-state index contributed by atoms with van der Waals surface area (Å²) in [6, 6.07) is 12.7. The topological polar surface area (TPSA) is 42.2 Å². The highest BCUT2D eigenvalue weighted by atomic mass is 32.2. The van der Waals surface area contributed by atoms with Crippen molar-refractivity contribution in [1.82, 2.24) is 0 Å². The summed E-state index contributed by atoms with van der Waals surface area (Å²) in [5.41, 5.74) is 3.69. The van der Waals surface area contributed by atoms with Crippen LogP contribution in [0.3, 0.4) is 0 Å². The minimum absolute atomic E-state index is 0.107. The number of carbonyl (C=O) groups excluding carboxylic acids is 1. The smallest absolute Gasteiger partial charge is 0.197 e. The van der Waals surface area contributed by atoms with E-state index in [4.69, 9.17) is 4.42 Å². The van der Waals surface area contributed by atoms with Crippen LogP contribution >= 0.6 is 11.8 Å². The van der Waals surface area contributed by atoms with Crippen LogP contribution in [0.5, 0.6) is 0 Å². The van der Waals surface area contributed by atoms with Crippen molar-refractivity contribution in [2.24, 2.45) is 0 Å². The maximum atomic E-state index is 13.5. The second-order valence-corrected chi connectivity index (χ2v) is 8.86. The Morgan fingerprint density at radius 3 is 2.57 bits per heavy atom. The molecule has 0 saturated heterocycles. The van der Waals surface area contributed by atoms with Gasteiger partial charge in [0.1, 0.15) is 5.76 Å². The molecule has 1 aromatic heterocycles. The van der Waals surface area contributed by atoms with E-state index in [0.717, 1.165) is 56.8 Å². The normalized spacial score (nSPS) is 16.4. The number of rotatable bonds is 5. The van der Waals surface area contributed by atoms with Gasteiger partial charge in [-0.1, -0.05) is 55.7 Å². The third-order valence-corrected chi connectivity index (χ3v) is 6.74. The highest BCUT2D eigenvalue weighted by Gasteiger charge is 2.33. The molecule has 3 aromatic rings. The van der Waals surface area contributed by atoms with Crippen molar-refractivity contribution in [3.05, 3.63) is 53.1 Å². The van der Waals surface area contributed by atoms with Crippen molar-refractivity contribution in [2.45, 2.75) is 44.6 Å². The number of furan rings is 1. The van der Waals surface area contributed by atoms with Gasteiger partial charge in [-0.25, -0.2) is 0 Å². The average molecular weight is 392 g/mol. The second kappa shape index (κ2) is 7.32. The van der Waals surface area contributed by atoms with Crippen molar-refractivity contribution < 1.29 is 9.21 Å². The highest BCUT2D eigenvalue weighted by Crippen LogP contribution is 2.45. The molecule has 1 heterocycles. The summed E-state index contributed by atoms with van der Waals surface area (Å²) >= 11 is 1.81. The maximum Gasteiger partial charge on any atom is 0.197 e. The maximum absolute atomic E-state index is 13.5. The van der Waals surface area contributed by atoms with E-state index >= 15 is 0 Å². The number of fused-ring (bicyclic) bond motifs is 2. The summed E-state index contributed by atoms with van der Waals surface area (Å²) in [5, 5.41) is 5.79. The van der Waals surface area contributed by atoms with Crippen LogP contribution in [0, 0.1) is 0 Å². The summed E-state index contributed by atoms with van der Waals surface area (Å²) < 4.78 is 6.41. The SMILES string of the molecule is CSCCc1c(NC2CCCCC2)oc2c1C(=O)c1cccc3cccc-2c13. The molecule has 0 bridgehead atoms. The Labute approximate surface area is 169 Å². The molecular formula is C24H25NO2S. The zero-order chi connectivity index (χ0) is 19.1. The molecule has 2 aliphatic rings. The van der Waals surface area contributed by atoms with Gasteiger partial charge in [-0.2, -0.15) is 11.8 Å². The molecule has 0 atom stereocenters. The fraction of sp³-hybridized carbons (Fsp3) is 0.375. The van der Waals surface area contributed by atoms with Gasteiger partial charge < -0.3 is 9.73 Å². The predicted molar refractivity (Wildman–Crippen MR) is 118 cm³/mol. The fourth-order valence-corrected chi connectivity index (χ4v) is 5.15. The van der Waals surface area contributed by atoms with E-state index in [9.17, 15) is 4.79 Å². The molecule has 2 aliphatic carbocycles. The molecule has 5 rings (SSSR count). The number of hydrogen-bond acceptors (Lipinski definition) is 4. The van der Waals surface area contributed by atoms with Crippen molar-refractivity contribution in [3.63, 3.8) is 0 Å². The lowest BCUT2D eigenvalue weighted by molar-refractivity contribution is 0.103. The van der Waals surface area contributed by atoms with Gasteiger partial charge in [0, 0.05) is 28.1 Å². The number of carbonyl (C=O) groups is 1. The third kappa shape index (κ3) is 2.86. The quantitative estimate of drug-likeness (QED) is 0.434. The molecule has 0 spiro atoms. The molecular weight excluding hydrogens is 366 g/mol. The van der Waals surface area contributed by atoms with E-state index in [0.29, 0.717) is 6.04 Å². The molecule has 0 radical (unpaired) electrons. The van der Waals surface area contributed by atoms with Crippen LogP contribution in [0.1, 0.15) is 53.6 Å². The molecule has 2 aromatic carbocycles. The van der Waals surface area contributed by atoms with Gasteiger partial charge in [0.15, 0.2) is 11.7 Å². The van der Waals surface area contributed by atoms with Crippen LogP contribution in [0.25, 0.3) is 22.1 Å². The number of nitrogens with one attached hydrogen (secondary N) is 1. The Hall–Kier alpha value is -2.20. The molecule has 1 saturated carbocycles. The van der Waals surface area contributed by atoms with E-state index in [-0.39, 0.29) is 5.78 Å². The van der Waals surface area contributed by atoms with E-state index in [1.54, 1.807) is 11.8 Å². The molecule has 28 heavy (non-hydrogen) atoms. The molecule has 4 heteroatoms. The second-order valence-electron chi connectivity index (χ2n) is 7.87. The number of thioether (sulfide) groups is 1. The first kappa shape index (κ1) is 17.9. The summed E-state index contributed by atoms with van der Waals surface area (Å²) in [6.45, 7) is 0. The van der Waals surface area contributed by atoms with Crippen LogP contribution in [-0.2, 0) is 6.42 Å². The average Bonchev–Trinajstić information content (AvgIpc) is 3.09. The first-order chi connectivity index (χ1) is 13.8. The van der Waals surface area contributed by atoms with Crippen molar-refractivity contribution >= 4 is 34.2 Å². The standard InChI is InChI=1S/C24H25NO2S/c1-28-14-13-19-21-22(26)17-11-5-7-15-8-6-12-18(20(15)17)23(21)27-24(19)25-16-9-3-2-4-10-16/h5-8,11-12,16,25H,2-4,9-10,13-14H2,1H3. The Bertz CT molecular complexity index is 1040. The van der Waals surface area contributed by atoms with Crippen LogP contribution in [0.4, 0.5) is 5.88 Å². The van der Waals surface area contributed by atoms with Gasteiger partial charge in [-0.05, 0) is 36.7 Å². The number of benzene rings is 2. The molecule has 0 aliphatic heterocycles. The van der Waals surface area contributed by atoms with Gasteiger partial charge >= 0.3 is 0 Å². The first-order valence-corrected chi connectivity index (χ1v) is 11.6. The van der Waals surface area contributed by atoms with Crippen LogP contribution < -0.4 is 5.32 Å². The van der Waals surface area contributed by atoms with Gasteiger partial charge in [-0.15, -0.1) is 0 Å². The molecule has 1 fully saturated rings. The first-order valence-electron chi connectivity index (χ1n) is 10.3. The van der Waals surface area contributed by atoms with Gasteiger partial charge in [0.05, 0.1) is 5.56 Å². The molecule has 144 valence electrons. The lowest BCUT2D eigenvalue weighted by Gasteiger charge is -2.23. The van der Waals surface area contributed by atoms with Crippen LogP contribution in [0.15, 0.2) is 40.8 Å². The number of hydrogen-bond donors (Lipinski definition) is 1. The fourth-order valence-electron chi connectivity index (χ4n) is 4.74. The van der Waals surface area contributed by atoms with E-state index < -0.39 is 0 Å². The monoisotopic (exact) mass is 391 g/mol. The number of anilines is 1. The van der Waals surface area contributed by atoms with E-state index in [1.807, 2.05) is 12.1 Å². The minimum atomic E-state index is 0.107. The molecule has 1 N–H and O–H groups in total. The Balaban J connectivity index is 1.67. The summed E-state index contributed by atoms with van der Waals surface area (Å²) in [7, 11) is 0. The third-order valence-electron chi connectivity index (χ3n) is 6.12. The zero-order valence-electron chi connectivity index (χ0n) is 16.2. The molecule has 0 unspecified atom stereocenters. The summed E-state index contributed by atoms with van der Waals surface area (Å²) in [5.74, 6) is 2.66. The van der Waals surface area contributed by atoms with Crippen molar-refractivity contribution in [1.29, 1.82) is 0 Å². The summed E-state index contributed by atoms with van der Waals surface area (Å²) in [4.78, 5) is 13.5. The van der Waals surface area contributed by atoms with Crippen molar-refractivity contribution in [3.8, 4) is 11.3 Å². The van der Waals surface area contributed by atoms with Crippen molar-refractivity contribution in [2.75, 3.05) is 17.3 Å². The lowest BCUT2D eigenvalue weighted by Crippen LogP contribution is -2.22. The number of ketones is 1. The Kier molecular flexibility index (Phi) is 4.67. The molecule has 0 amide bonds. The van der Waals surface area contributed by atoms with Gasteiger partial charge in [-0.3, -0.25) is 4.79 Å². The Morgan fingerprint density at radius 1 is 1.07 bits per heavy atom. The van der Waals surface area contributed by atoms with E-state index in [2.05, 4.69) is 35.8 Å².